The highest BCUT2D eigenvalue weighted by Crippen LogP contribution is 2.29. The maximum atomic E-state index is 12.9. The number of benzene rings is 1. The Kier molecular flexibility index (Phi) is 6.96. The third kappa shape index (κ3) is 5.11. The quantitative estimate of drug-likeness (QED) is 0.351. The minimum Gasteiger partial charge on any atom is -0.587 e. The molecule has 0 saturated carbocycles. The maximum Gasteiger partial charge on any atom is 0.303 e. The Bertz CT molecular complexity index is 1430. The molecule has 4 aromatic rings. The number of nitrogens with one attached hydrogen (secondary N) is 1. The number of rotatable bonds is 8. The van der Waals surface area contributed by atoms with Crippen LogP contribution in [0.2, 0.25) is 0 Å². The molecule has 0 amide bonds. The van der Waals surface area contributed by atoms with E-state index in [1.165, 1.54) is 22.2 Å². The van der Waals surface area contributed by atoms with Crippen LogP contribution in [0.25, 0.3) is 22.0 Å². The number of nitrogens with zero attached hydrogens (tertiary/aromatic N) is 4. The Balaban J connectivity index is 1.64. The molecule has 11 heteroatoms. The summed E-state index contributed by atoms with van der Waals surface area (Å²) in [6, 6.07) is 7.23. The van der Waals surface area contributed by atoms with Gasteiger partial charge in [0.2, 0.25) is 0 Å². The summed E-state index contributed by atoms with van der Waals surface area (Å²) in [5.41, 5.74) is 3.90. The average molecular weight is 498 g/mol. The van der Waals surface area contributed by atoms with Gasteiger partial charge in [0, 0.05) is 24.7 Å². The van der Waals surface area contributed by atoms with E-state index in [4.69, 9.17) is 5.11 Å². The number of carboxylic acid groups (broad SMARTS) is 1. The highest BCUT2D eigenvalue weighted by Gasteiger charge is 2.21. The van der Waals surface area contributed by atoms with Crippen molar-refractivity contribution in [3.63, 3.8) is 0 Å². The van der Waals surface area contributed by atoms with Gasteiger partial charge in [-0.1, -0.05) is 17.4 Å². The number of carbonyl (C=O) groups is 1. The van der Waals surface area contributed by atoms with E-state index in [0.29, 0.717) is 32.9 Å². The van der Waals surface area contributed by atoms with E-state index in [2.05, 4.69) is 19.7 Å². The van der Waals surface area contributed by atoms with E-state index >= 15 is 0 Å². The van der Waals surface area contributed by atoms with Crippen LogP contribution < -0.4 is 10.3 Å². The number of aryl methyl sites for hydroxylation is 4. The van der Waals surface area contributed by atoms with Gasteiger partial charge in [0.25, 0.3) is 9.77 Å². The van der Waals surface area contributed by atoms with Gasteiger partial charge in [0.05, 0.1) is 27.9 Å². The van der Waals surface area contributed by atoms with E-state index in [0.717, 1.165) is 21.8 Å². The Labute approximate surface area is 202 Å². The molecule has 3 aromatic heterocycles. The molecule has 2 N–H and O–H groups in total. The van der Waals surface area contributed by atoms with Gasteiger partial charge in [0.15, 0.2) is 0 Å². The normalized spacial score (nSPS) is 12.1. The zero-order valence-corrected chi connectivity index (χ0v) is 20.5. The fraction of sp³-hybridized carbons (Fsp3) is 0.261. The Morgan fingerprint density at radius 1 is 1.18 bits per heavy atom. The van der Waals surface area contributed by atoms with Gasteiger partial charge in [-0.3, -0.25) is 19.1 Å². The summed E-state index contributed by atoms with van der Waals surface area (Å²) in [7, 11) is 0. The van der Waals surface area contributed by atoms with Crippen molar-refractivity contribution in [1.82, 2.24) is 19.5 Å². The van der Waals surface area contributed by atoms with Crippen LogP contribution in [0.4, 0.5) is 5.69 Å². The predicted molar refractivity (Wildman–Crippen MR) is 132 cm³/mol. The maximum absolute atomic E-state index is 12.9. The van der Waals surface area contributed by atoms with Gasteiger partial charge in [0.1, 0.15) is 22.7 Å². The lowest BCUT2D eigenvalue weighted by Gasteiger charge is -2.13. The summed E-state index contributed by atoms with van der Waals surface area (Å²) in [6.07, 6.45) is 3.47. The monoisotopic (exact) mass is 497 g/mol. The Morgan fingerprint density at radius 2 is 1.97 bits per heavy atom. The molecule has 1 unspecified atom stereocenters. The number of hydrogen-bond acceptors (Lipinski definition) is 8. The topological polar surface area (TPSA) is 133 Å². The van der Waals surface area contributed by atoms with E-state index in [9.17, 15) is 14.1 Å². The van der Waals surface area contributed by atoms with Crippen molar-refractivity contribution in [2.45, 2.75) is 44.4 Å². The minimum absolute atomic E-state index is 0.0165. The van der Waals surface area contributed by atoms with Crippen molar-refractivity contribution in [3.05, 3.63) is 63.5 Å². The van der Waals surface area contributed by atoms with E-state index in [1.54, 1.807) is 18.3 Å². The zero-order valence-electron chi connectivity index (χ0n) is 18.9. The van der Waals surface area contributed by atoms with E-state index in [1.807, 2.05) is 32.9 Å². The molecule has 176 valence electrons. The van der Waals surface area contributed by atoms with Gasteiger partial charge < -0.3 is 9.66 Å². The number of thiazole rings is 1. The number of aromatic nitrogens is 4. The Hall–Kier alpha value is -3.28. The molecule has 0 aliphatic carbocycles. The molecule has 0 saturated heterocycles. The van der Waals surface area contributed by atoms with Gasteiger partial charge in [-0.2, -0.15) is 0 Å². The first kappa shape index (κ1) is 23.9. The van der Waals surface area contributed by atoms with E-state index < -0.39 is 17.3 Å². The van der Waals surface area contributed by atoms with Crippen molar-refractivity contribution in [2.75, 3.05) is 4.72 Å². The lowest BCUT2D eigenvalue weighted by molar-refractivity contribution is -0.137. The van der Waals surface area contributed by atoms with Gasteiger partial charge in [-0.25, -0.2) is 14.7 Å². The van der Waals surface area contributed by atoms with Crippen LogP contribution in [0.1, 0.15) is 29.2 Å². The molecule has 0 spiro atoms. The first-order valence-electron chi connectivity index (χ1n) is 10.5. The fourth-order valence-electron chi connectivity index (χ4n) is 3.52. The SMILES string of the molecule is Cc1nc(C)c([S+]([O-])Nc2cc(-c3ccc4ncn(CCCC(=O)O)c(=O)c4c3)cnc2C)s1. The van der Waals surface area contributed by atoms with Crippen LogP contribution in [0.5, 0.6) is 0 Å². The van der Waals surface area contributed by atoms with Crippen LogP contribution in [0, 0.1) is 20.8 Å². The Morgan fingerprint density at radius 3 is 2.68 bits per heavy atom. The largest absolute Gasteiger partial charge is 0.587 e. The van der Waals surface area contributed by atoms with Crippen molar-refractivity contribution >= 4 is 45.3 Å². The highest BCUT2D eigenvalue weighted by molar-refractivity contribution is 7.94. The second kappa shape index (κ2) is 9.92. The molecule has 4 rings (SSSR count). The molecule has 0 bridgehead atoms. The summed E-state index contributed by atoms with van der Waals surface area (Å²) in [5.74, 6) is -0.901. The summed E-state index contributed by atoms with van der Waals surface area (Å²) >= 11 is -0.0862. The van der Waals surface area contributed by atoms with Gasteiger partial charge in [-0.15, -0.1) is 0 Å². The minimum atomic E-state index is -1.48. The third-order valence-corrected chi connectivity index (χ3v) is 7.88. The number of fused-ring (bicyclic) bond motifs is 1. The van der Waals surface area contributed by atoms with Crippen LogP contribution in [-0.2, 0) is 22.7 Å². The summed E-state index contributed by atoms with van der Waals surface area (Å²) in [5, 5.41) is 10.1. The third-order valence-electron chi connectivity index (χ3n) is 5.27. The molecule has 0 aliphatic heterocycles. The standard InChI is InChI=1S/C23H23N5O4S2/c1-13-20(27-34(32)23-14(2)26-15(3)33-23)10-17(11-24-13)16-6-7-19-18(9-16)22(31)28(12-25-19)8-4-5-21(29)30/h6-7,9-12,27H,4-5,8H2,1-3H3,(H,29,30). The molecule has 0 aliphatic rings. The number of anilines is 1. The van der Waals surface area contributed by atoms with E-state index in [-0.39, 0.29) is 18.5 Å². The lowest BCUT2D eigenvalue weighted by Crippen LogP contribution is -2.21. The predicted octanol–water partition coefficient (Wildman–Crippen LogP) is 3.84. The van der Waals surface area contributed by atoms with Crippen molar-refractivity contribution in [1.29, 1.82) is 0 Å². The molecule has 34 heavy (non-hydrogen) atoms. The summed E-state index contributed by atoms with van der Waals surface area (Å²) in [6.45, 7) is 5.81. The number of carboxylic acids is 1. The highest BCUT2D eigenvalue weighted by atomic mass is 32.2. The zero-order chi connectivity index (χ0) is 24.4. The van der Waals surface area contributed by atoms with Crippen molar-refractivity contribution in [3.8, 4) is 11.1 Å². The van der Waals surface area contributed by atoms with Crippen LogP contribution in [0.3, 0.4) is 0 Å². The van der Waals surface area contributed by atoms with Crippen molar-refractivity contribution in [2.24, 2.45) is 0 Å². The molecule has 0 fully saturated rings. The first-order chi connectivity index (χ1) is 16.2. The fourth-order valence-corrected chi connectivity index (χ4v) is 5.77. The molecular weight excluding hydrogens is 474 g/mol. The molecule has 3 heterocycles. The van der Waals surface area contributed by atoms with Crippen LogP contribution in [-0.4, -0.2) is 35.1 Å². The number of hydrogen-bond donors (Lipinski definition) is 2. The van der Waals surface area contributed by atoms with Gasteiger partial charge >= 0.3 is 5.97 Å². The average Bonchev–Trinajstić information content (AvgIpc) is 3.14. The second-order valence-electron chi connectivity index (χ2n) is 7.81. The van der Waals surface area contributed by atoms with Crippen LogP contribution in [0.15, 0.2) is 45.8 Å². The number of aliphatic carboxylic acids is 1. The summed E-state index contributed by atoms with van der Waals surface area (Å²) < 4.78 is 18.0. The lowest BCUT2D eigenvalue weighted by atomic mass is 10.0. The molecule has 1 atom stereocenters. The smallest absolute Gasteiger partial charge is 0.303 e. The molecular formula is C23H23N5O4S2. The second-order valence-corrected chi connectivity index (χ2v) is 10.4. The van der Waals surface area contributed by atoms with Crippen molar-refractivity contribution < 1.29 is 14.5 Å². The number of pyridine rings is 1. The van der Waals surface area contributed by atoms with Crippen LogP contribution >= 0.6 is 11.3 Å². The van der Waals surface area contributed by atoms with Gasteiger partial charge in [-0.05, 0) is 51.0 Å². The molecule has 0 radical (unpaired) electrons. The summed E-state index contributed by atoms with van der Waals surface area (Å²) in [4.78, 5) is 36.8. The molecule has 1 aromatic carbocycles. The molecule has 9 nitrogen and oxygen atoms in total. The first-order valence-corrected chi connectivity index (χ1v) is 12.5.